The third kappa shape index (κ3) is 9.08. The molecule has 132 valence electrons. The number of esters is 1. The van der Waals surface area contributed by atoms with Gasteiger partial charge in [-0.2, -0.15) is 0 Å². The molecule has 0 saturated heterocycles. The van der Waals surface area contributed by atoms with E-state index in [4.69, 9.17) is 4.74 Å². The van der Waals surface area contributed by atoms with Crippen LogP contribution in [0.3, 0.4) is 0 Å². The van der Waals surface area contributed by atoms with E-state index >= 15 is 0 Å². The summed E-state index contributed by atoms with van der Waals surface area (Å²) in [7, 11) is 0. The number of ether oxygens (including phenoxy) is 1. The standard InChI is InChI=1S/C19H27NO4/c1-2-3-4-5-6-7-8-9-10-11-12-19(21)24-18-15-13-17(14-16-18)20(22)23/h11-16H,2-10H2,1H3/b12-11+. The highest BCUT2D eigenvalue weighted by atomic mass is 16.6. The second kappa shape index (κ2) is 12.3. The van der Waals surface area contributed by atoms with Gasteiger partial charge in [-0.3, -0.25) is 10.1 Å². The van der Waals surface area contributed by atoms with Crippen LogP contribution in [0.25, 0.3) is 0 Å². The van der Waals surface area contributed by atoms with E-state index < -0.39 is 10.9 Å². The van der Waals surface area contributed by atoms with Gasteiger partial charge in [0.05, 0.1) is 4.92 Å². The molecule has 0 aromatic heterocycles. The van der Waals surface area contributed by atoms with Crippen molar-refractivity contribution < 1.29 is 14.5 Å². The van der Waals surface area contributed by atoms with Gasteiger partial charge in [-0.05, 0) is 25.0 Å². The molecule has 0 fully saturated rings. The van der Waals surface area contributed by atoms with Gasteiger partial charge in [0.1, 0.15) is 5.75 Å². The highest BCUT2D eigenvalue weighted by Crippen LogP contribution is 2.17. The Morgan fingerprint density at radius 1 is 1.04 bits per heavy atom. The number of non-ortho nitro benzene ring substituents is 1. The van der Waals surface area contributed by atoms with Crippen LogP contribution in [-0.4, -0.2) is 10.9 Å². The Hall–Kier alpha value is -2.17. The maximum Gasteiger partial charge on any atom is 0.335 e. The summed E-state index contributed by atoms with van der Waals surface area (Å²) in [5.41, 5.74) is -0.0277. The van der Waals surface area contributed by atoms with Crippen LogP contribution in [-0.2, 0) is 4.79 Å². The Balaban J connectivity index is 2.12. The zero-order valence-corrected chi connectivity index (χ0v) is 14.4. The molecule has 0 aliphatic rings. The third-order valence-corrected chi connectivity index (χ3v) is 3.74. The molecule has 0 unspecified atom stereocenters. The van der Waals surface area contributed by atoms with Gasteiger partial charge in [0.25, 0.3) is 5.69 Å². The van der Waals surface area contributed by atoms with Crippen molar-refractivity contribution in [1.29, 1.82) is 0 Å². The molecule has 0 amide bonds. The van der Waals surface area contributed by atoms with Gasteiger partial charge >= 0.3 is 5.97 Å². The Kier molecular flexibility index (Phi) is 10.2. The van der Waals surface area contributed by atoms with Crippen LogP contribution >= 0.6 is 0 Å². The summed E-state index contributed by atoms with van der Waals surface area (Å²) in [6, 6.07) is 5.46. The number of hydrogen-bond acceptors (Lipinski definition) is 4. The van der Waals surface area contributed by atoms with Gasteiger partial charge in [-0.1, -0.05) is 57.9 Å². The number of carbonyl (C=O) groups excluding carboxylic acids is 1. The summed E-state index contributed by atoms with van der Waals surface area (Å²) in [5, 5.41) is 10.5. The topological polar surface area (TPSA) is 69.4 Å². The predicted octanol–water partition coefficient (Wildman–Crippen LogP) is 5.59. The van der Waals surface area contributed by atoms with Crippen molar-refractivity contribution >= 4 is 11.7 Å². The minimum atomic E-state index is -0.491. The van der Waals surface area contributed by atoms with E-state index in [1.54, 1.807) is 0 Å². The van der Waals surface area contributed by atoms with E-state index in [9.17, 15) is 14.9 Å². The SMILES string of the molecule is CCCCCCCCCC/C=C/C(=O)Oc1ccc([N+](=O)[O-])cc1. The van der Waals surface area contributed by atoms with Gasteiger partial charge in [0.15, 0.2) is 0 Å². The first-order valence-corrected chi connectivity index (χ1v) is 8.76. The van der Waals surface area contributed by atoms with Crippen LogP contribution < -0.4 is 4.74 Å². The molecule has 1 aromatic carbocycles. The molecule has 0 bridgehead atoms. The van der Waals surface area contributed by atoms with Crippen molar-refractivity contribution in [2.75, 3.05) is 0 Å². The van der Waals surface area contributed by atoms with Gasteiger partial charge in [-0.15, -0.1) is 0 Å². The smallest absolute Gasteiger partial charge is 0.335 e. The Bertz CT molecular complexity index is 523. The molecule has 0 aliphatic heterocycles. The summed E-state index contributed by atoms with van der Waals surface area (Å²) in [4.78, 5) is 21.7. The van der Waals surface area contributed by atoms with E-state index in [1.807, 2.05) is 6.08 Å². The fourth-order valence-electron chi connectivity index (χ4n) is 2.36. The zero-order valence-electron chi connectivity index (χ0n) is 14.4. The quantitative estimate of drug-likeness (QED) is 0.125. The molecule has 1 rings (SSSR count). The van der Waals surface area contributed by atoms with Crippen molar-refractivity contribution in [3.63, 3.8) is 0 Å². The van der Waals surface area contributed by atoms with Crippen molar-refractivity contribution in [2.24, 2.45) is 0 Å². The number of carbonyl (C=O) groups is 1. The number of benzene rings is 1. The molecule has 0 spiro atoms. The maximum atomic E-state index is 11.6. The third-order valence-electron chi connectivity index (χ3n) is 3.74. The Morgan fingerprint density at radius 2 is 1.62 bits per heavy atom. The highest BCUT2D eigenvalue weighted by molar-refractivity contribution is 5.83. The summed E-state index contributed by atoms with van der Waals surface area (Å²) < 4.78 is 5.08. The first-order chi connectivity index (χ1) is 11.6. The largest absolute Gasteiger partial charge is 0.423 e. The maximum absolute atomic E-state index is 11.6. The van der Waals surface area contributed by atoms with Crippen LogP contribution in [0.5, 0.6) is 5.75 Å². The monoisotopic (exact) mass is 333 g/mol. The predicted molar refractivity (Wildman–Crippen MR) is 95.1 cm³/mol. The summed E-state index contributed by atoms with van der Waals surface area (Å²) >= 11 is 0. The number of nitro groups is 1. The molecule has 0 radical (unpaired) electrons. The van der Waals surface area contributed by atoms with Gasteiger partial charge in [0, 0.05) is 18.2 Å². The molecule has 5 nitrogen and oxygen atoms in total. The van der Waals surface area contributed by atoms with Gasteiger partial charge in [0.2, 0.25) is 0 Å². The lowest BCUT2D eigenvalue weighted by Gasteiger charge is -2.01. The lowest BCUT2D eigenvalue weighted by atomic mass is 10.1. The van der Waals surface area contributed by atoms with E-state index in [1.165, 1.54) is 75.3 Å². The van der Waals surface area contributed by atoms with E-state index in [2.05, 4.69) is 6.92 Å². The number of nitro benzene ring substituents is 1. The summed E-state index contributed by atoms with van der Waals surface area (Å²) in [5.74, 6) is -0.147. The van der Waals surface area contributed by atoms with E-state index in [0.717, 1.165) is 12.8 Å². The molecule has 1 aromatic rings. The van der Waals surface area contributed by atoms with Crippen LogP contribution in [0, 0.1) is 10.1 Å². The fraction of sp³-hybridized carbons (Fsp3) is 0.526. The number of unbranched alkanes of at least 4 members (excludes halogenated alkanes) is 8. The molecule has 0 heterocycles. The second-order valence-electron chi connectivity index (χ2n) is 5.84. The second-order valence-corrected chi connectivity index (χ2v) is 5.84. The average molecular weight is 333 g/mol. The molecular weight excluding hydrogens is 306 g/mol. The van der Waals surface area contributed by atoms with Crippen LogP contribution in [0.4, 0.5) is 5.69 Å². The normalized spacial score (nSPS) is 10.9. The molecule has 0 aliphatic carbocycles. The Morgan fingerprint density at radius 3 is 2.21 bits per heavy atom. The number of rotatable bonds is 12. The van der Waals surface area contributed by atoms with Crippen LogP contribution in [0.15, 0.2) is 36.4 Å². The van der Waals surface area contributed by atoms with Gasteiger partial charge in [-0.25, -0.2) is 4.79 Å². The lowest BCUT2D eigenvalue weighted by Crippen LogP contribution is -2.03. The van der Waals surface area contributed by atoms with E-state index in [0.29, 0.717) is 5.75 Å². The molecule has 5 heteroatoms. The number of allylic oxidation sites excluding steroid dienone is 1. The highest BCUT2D eigenvalue weighted by Gasteiger charge is 2.06. The summed E-state index contributed by atoms with van der Waals surface area (Å²) in [6.07, 6.45) is 14.2. The molecule has 0 N–H and O–H groups in total. The first kappa shape index (κ1) is 19.9. The minimum absolute atomic E-state index is 0.0277. The fourth-order valence-corrected chi connectivity index (χ4v) is 2.36. The lowest BCUT2D eigenvalue weighted by molar-refractivity contribution is -0.384. The number of nitrogens with zero attached hydrogens (tertiary/aromatic N) is 1. The van der Waals surface area contributed by atoms with Gasteiger partial charge < -0.3 is 4.74 Å². The number of hydrogen-bond donors (Lipinski definition) is 0. The minimum Gasteiger partial charge on any atom is -0.423 e. The van der Waals surface area contributed by atoms with Crippen LogP contribution in [0.2, 0.25) is 0 Å². The van der Waals surface area contributed by atoms with Crippen molar-refractivity contribution in [3.05, 3.63) is 46.5 Å². The van der Waals surface area contributed by atoms with E-state index in [-0.39, 0.29) is 5.69 Å². The molecule has 0 saturated carbocycles. The Labute approximate surface area is 143 Å². The van der Waals surface area contributed by atoms with Crippen molar-refractivity contribution in [3.8, 4) is 5.75 Å². The summed E-state index contributed by atoms with van der Waals surface area (Å²) in [6.45, 7) is 2.22. The molecule has 0 atom stereocenters. The van der Waals surface area contributed by atoms with Crippen LogP contribution in [0.1, 0.15) is 64.7 Å². The van der Waals surface area contributed by atoms with Crippen molar-refractivity contribution in [1.82, 2.24) is 0 Å². The molecule has 24 heavy (non-hydrogen) atoms. The zero-order chi connectivity index (χ0) is 17.6. The molecular formula is C19H27NO4. The first-order valence-electron chi connectivity index (χ1n) is 8.76. The van der Waals surface area contributed by atoms with Crippen molar-refractivity contribution in [2.45, 2.75) is 64.7 Å². The average Bonchev–Trinajstić information content (AvgIpc) is 2.57.